The van der Waals surface area contributed by atoms with Crippen LogP contribution in [0.3, 0.4) is 0 Å². The third-order valence-corrected chi connectivity index (χ3v) is 4.18. The molecule has 0 saturated heterocycles. The molecule has 0 saturated carbocycles. The largest absolute Gasteiger partial charge is 0.497 e. The molecular formula is C21H18ClN3O3. The van der Waals surface area contributed by atoms with Gasteiger partial charge >= 0.3 is 0 Å². The highest BCUT2D eigenvalue weighted by atomic mass is 35.5. The molecule has 1 aromatic heterocycles. The van der Waals surface area contributed by atoms with Crippen LogP contribution in [-0.2, 0) is 6.54 Å². The van der Waals surface area contributed by atoms with Crippen LogP contribution in [0.25, 0.3) is 0 Å². The molecule has 0 fully saturated rings. The summed E-state index contributed by atoms with van der Waals surface area (Å²) in [5.41, 5.74) is 1.97. The van der Waals surface area contributed by atoms with Crippen molar-refractivity contribution < 1.29 is 14.3 Å². The van der Waals surface area contributed by atoms with E-state index >= 15 is 0 Å². The van der Waals surface area contributed by atoms with Crippen molar-refractivity contribution in [1.29, 1.82) is 0 Å². The molecule has 6 nitrogen and oxygen atoms in total. The number of benzene rings is 2. The molecular weight excluding hydrogens is 378 g/mol. The van der Waals surface area contributed by atoms with Gasteiger partial charge in [-0.05, 0) is 48.0 Å². The number of nitrogens with one attached hydrogen (secondary N) is 2. The summed E-state index contributed by atoms with van der Waals surface area (Å²) in [5, 5.41) is 6.04. The van der Waals surface area contributed by atoms with Gasteiger partial charge in [0.05, 0.1) is 7.11 Å². The summed E-state index contributed by atoms with van der Waals surface area (Å²) < 4.78 is 5.11. The van der Waals surface area contributed by atoms with E-state index in [-0.39, 0.29) is 11.6 Å². The number of nitrogens with zero attached hydrogens (tertiary/aromatic N) is 1. The van der Waals surface area contributed by atoms with E-state index in [1.54, 1.807) is 37.4 Å². The van der Waals surface area contributed by atoms with Crippen LogP contribution >= 0.6 is 11.6 Å². The van der Waals surface area contributed by atoms with Crippen molar-refractivity contribution in [3.05, 3.63) is 88.7 Å². The Kier molecular flexibility index (Phi) is 6.24. The highest BCUT2D eigenvalue weighted by Crippen LogP contribution is 2.16. The number of methoxy groups -OCH3 is 1. The molecule has 0 aliphatic heterocycles. The Balaban J connectivity index is 1.64. The highest BCUT2D eigenvalue weighted by molar-refractivity contribution is 6.30. The van der Waals surface area contributed by atoms with E-state index in [1.165, 1.54) is 12.3 Å². The SMILES string of the molecule is COc1ccc(CNC(=O)c2ccnc(C(=O)Nc3cccc(Cl)c3)c2)cc1. The first-order chi connectivity index (χ1) is 13.5. The van der Waals surface area contributed by atoms with E-state index in [0.29, 0.717) is 22.8 Å². The molecule has 1 heterocycles. The van der Waals surface area contributed by atoms with Gasteiger partial charge in [0.2, 0.25) is 0 Å². The van der Waals surface area contributed by atoms with Crippen molar-refractivity contribution in [3.8, 4) is 5.75 Å². The zero-order valence-electron chi connectivity index (χ0n) is 15.1. The third kappa shape index (κ3) is 5.08. The summed E-state index contributed by atoms with van der Waals surface area (Å²) >= 11 is 5.92. The summed E-state index contributed by atoms with van der Waals surface area (Å²) in [4.78, 5) is 28.8. The molecule has 0 spiro atoms. The molecule has 0 aliphatic rings. The van der Waals surface area contributed by atoms with Crippen molar-refractivity contribution in [2.45, 2.75) is 6.54 Å². The molecule has 3 aromatic rings. The fourth-order valence-electron chi connectivity index (χ4n) is 2.49. The highest BCUT2D eigenvalue weighted by Gasteiger charge is 2.12. The van der Waals surface area contributed by atoms with Crippen LogP contribution in [0, 0.1) is 0 Å². The molecule has 0 radical (unpaired) electrons. The Labute approximate surface area is 167 Å². The van der Waals surface area contributed by atoms with Gasteiger partial charge in [0, 0.05) is 29.0 Å². The lowest BCUT2D eigenvalue weighted by molar-refractivity contribution is 0.0951. The minimum absolute atomic E-state index is 0.136. The van der Waals surface area contributed by atoms with Crippen molar-refractivity contribution in [3.63, 3.8) is 0 Å². The van der Waals surface area contributed by atoms with Gasteiger partial charge in [0.25, 0.3) is 11.8 Å². The van der Waals surface area contributed by atoms with E-state index in [0.717, 1.165) is 11.3 Å². The van der Waals surface area contributed by atoms with Gasteiger partial charge in [-0.15, -0.1) is 0 Å². The Bertz CT molecular complexity index is 990. The number of carbonyl (C=O) groups is 2. The molecule has 142 valence electrons. The van der Waals surface area contributed by atoms with Crippen LogP contribution in [0.4, 0.5) is 5.69 Å². The molecule has 7 heteroatoms. The number of carbonyl (C=O) groups excluding carboxylic acids is 2. The molecule has 0 bridgehead atoms. The lowest BCUT2D eigenvalue weighted by Gasteiger charge is -2.08. The fourth-order valence-corrected chi connectivity index (χ4v) is 2.68. The van der Waals surface area contributed by atoms with Crippen LogP contribution in [0.15, 0.2) is 66.9 Å². The van der Waals surface area contributed by atoms with Crippen molar-refractivity contribution >= 4 is 29.1 Å². The Morgan fingerprint density at radius 2 is 1.82 bits per heavy atom. The van der Waals surface area contributed by atoms with E-state index < -0.39 is 5.91 Å². The average molecular weight is 396 g/mol. The maximum Gasteiger partial charge on any atom is 0.274 e. The number of pyridine rings is 1. The molecule has 0 aliphatic carbocycles. The van der Waals surface area contributed by atoms with Crippen LogP contribution in [-0.4, -0.2) is 23.9 Å². The average Bonchev–Trinajstić information content (AvgIpc) is 2.72. The van der Waals surface area contributed by atoms with Crippen LogP contribution < -0.4 is 15.4 Å². The summed E-state index contributed by atoms with van der Waals surface area (Å²) in [7, 11) is 1.60. The normalized spacial score (nSPS) is 10.2. The fraction of sp³-hybridized carbons (Fsp3) is 0.0952. The maximum absolute atomic E-state index is 12.4. The first-order valence-electron chi connectivity index (χ1n) is 8.49. The van der Waals surface area contributed by atoms with E-state index in [2.05, 4.69) is 15.6 Å². The standard InChI is InChI=1S/C21H18ClN3O3/c1-28-18-7-5-14(6-8-18)13-24-20(26)15-9-10-23-19(11-15)21(27)25-17-4-2-3-16(22)12-17/h2-12H,13H2,1H3,(H,24,26)(H,25,27). The van der Waals surface area contributed by atoms with Gasteiger partial charge in [-0.25, -0.2) is 0 Å². The quantitative estimate of drug-likeness (QED) is 0.662. The zero-order chi connectivity index (χ0) is 19.9. The third-order valence-electron chi connectivity index (χ3n) is 3.95. The molecule has 2 aromatic carbocycles. The number of aromatic nitrogens is 1. The number of hydrogen-bond acceptors (Lipinski definition) is 4. The lowest BCUT2D eigenvalue weighted by atomic mass is 10.2. The van der Waals surface area contributed by atoms with Gasteiger partial charge in [-0.1, -0.05) is 29.8 Å². The topological polar surface area (TPSA) is 80.3 Å². The number of ether oxygens (including phenoxy) is 1. The Morgan fingerprint density at radius 3 is 2.54 bits per heavy atom. The predicted octanol–water partition coefficient (Wildman–Crippen LogP) is 3.93. The van der Waals surface area contributed by atoms with Crippen LogP contribution in [0.1, 0.15) is 26.4 Å². The van der Waals surface area contributed by atoms with Crippen LogP contribution in [0.2, 0.25) is 5.02 Å². The van der Waals surface area contributed by atoms with Crippen molar-refractivity contribution in [2.75, 3.05) is 12.4 Å². The second-order valence-corrected chi connectivity index (χ2v) is 6.36. The van der Waals surface area contributed by atoms with Crippen molar-refractivity contribution in [2.24, 2.45) is 0 Å². The second kappa shape index (κ2) is 9.01. The molecule has 0 atom stereocenters. The summed E-state index contributed by atoms with van der Waals surface area (Å²) in [5.74, 6) is 0.0293. The molecule has 3 rings (SSSR count). The van der Waals surface area contributed by atoms with Gasteiger partial charge in [-0.3, -0.25) is 14.6 Å². The van der Waals surface area contributed by atoms with E-state index in [9.17, 15) is 9.59 Å². The second-order valence-electron chi connectivity index (χ2n) is 5.92. The molecule has 0 unspecified atom stereocenters. The summed E-state index contributed by atoms with van der Waals surface area (Å²) in [6.45, 7) is 0.356. The predicted molar refractivity (Wildman–Crippen MR) is 108 cm³/mol. The first-order valence-corrected chi connectivity index (χ1v) is 8.87. The minimum Gasteiger partial charge on any atom is -0.497 e. The maximum atomic E-state index is 12.4. The Hall–Kier alpha value is -3.38. The first kappa shape index (κ1) is 19.4. The van der Waals surface area contributed by atoms with Gasteiger partial charge < -0.3 is 15.4 Å². The van der Waals surface area contributed by atoms with Gasteiger partial charge in [0.15, 0.2) is 0 Å². The van der Waals surface area contributed by atoms with Gasteiger partial charge in [-0.2, -0.15) is 0 Å². The van der Waals surface area contributed by atoms with Crippen LogP contribution in [0.5, 0.6) is 5.75 Å². The Morgan fingerprint density at radius 1 is 1.04 bits per heavy atom. The molecule has 2 N–H and O–H groups in total. The van der Waals surface area contributed by atoms with E-state index in [4.69, 9.17) is 16.3 Å². The number of rotatable bonds is 6. The number of amides is 2. The summed E-state index contributed by atoms with van der Waals surface area (Å²) in [6.07, 6.45) is 1.43. The van der Waals surface area contributed by atoms with Crippen molar-refractivity contribution in [1.82, 2.24) is 10.3 Å². The lowest BCUT2D eigenvalue weighted by Crippen LogP contribution is -2.23. The van der Waals surface area contributed by atoms with E-state index in [1.807, 2.05) is 24.3 Å². The number of anilines is 1. The number of halogens is 1. The minimum atomic E-state index is -0.424. The smallest absolute Gasteiger partial charge is 0.274 e. The zero-order valence-corrected chi connectivity index (χ0v) is 15.9. The number of hydrogen-bond donors (Lipinski definition) is 2. The monoisotopic (exact) mass is 395 g/mol. The molecule has 2 amide bonds. The molecule has 28 heavy (non-hydrogen) atoms. The van der Waals surface area contributed by atoms with Gasteiger partial charge in [0.1, 0.15) is 11.4 Å². The summed E-state index contributed by atoms with van der Waals surface area (Å²) in [6, 6.07) is 17.2.